The number of H-pyrrole nitrogens is 1. The fourth-order valence-corrected chi connectivity index (χ4v) is 3.04. The normalized spacial score (nSPS) is 20.4. The van der Waals surface area contributed by atoms with Crippen molar-refractivity contribution in [1.29, 1.82) is 0 Å². The Morgan fingerprint density at radius 1 is 1.08 bits per heavy atom. The SMILES string of the molecule is O=C(Nc1c[nH]c2ccccc12)C1CC(c2ccc(F)cc2)NN1. The van der Waals surface area contributed by atoms with E-state index in [1.54, 1.807) is 18.3 Å². The zero-order valence-corrected chi connectivity index (χ0v) is 12.8. The van der Waals surface area contributed by atoms with Gasteiger partial charge in [0.1, 0.15) is 11.9 Å². The van der Waals surface area contributed by atoms with Gasteiger partial charge in [-0.1, -0.05) is 30.3 Å². The van der Waals surface area contributed by atoms with Crippen molar-refractivity contribution in [2.45, 2.75) is 18.5 Å². The summed E-state index contributed by atoms with van der Waals surface area (Å²) in [5.74, 6) is -0.366. The van der Waals surface area contributed by atoms with Gasteiger partial charge in [-0.15, -0.1) is 0 Å². The van der Waals surface area contributed by atoms with E-state index in [1.807, 2.05) is 24.3 Å². The third-order valence-electron chi connectivity index (χ3n) is 4.34. The van der Waals surface area contributed by atoms with Gasteiger partial charge in [-0.2, -0.15) is 0 Å². The highest BCUT2D eigenvalue weighted by Crippen LogP contribution is 2.25. The molecule has 4 rings (SSSR count). The van der Waals surface area contributed by atoms with E-state index in [-0.39, 0.29) is 23.8 Å². The number of aromatic nitrogens is 1. The van der Waals surface area contributed by atoms with E-state index in [0.717, 1.165) is 22.2 Å². The Kier molecular flexibility index (Phi) is 3.76. The first kappa shape index (κ1) is 14.9. The largest absolute Gasteiger partial charge is 0.359 e. The third kappa shape index (κ3) is 2.77. The molecular formula is C18H17FN4O. The number of carbonyl (C=O) groups is 1. The van der Waals surface area contributed by atoms with Crippen LogP contribution < -0.4 is 16.2 Å². The number of nitrogens with one attached hydrogen (secondary N) is 4. The first-order chi connectivity index (χ1) is 11.7. The number of amides is 1. The maximum Gasteiger partial charge on any atom is 0.242 e. The number of carbonyl (C=O) groups excluding carboxylic acids is 1. The molecule has 1 fully saturated rings. The predicted octanol–water partition coefficient (Wildman–Crippen LogP) is 2.85. The van der Waals surface area contributed by atoms with Gasteiger partial charge in [0.15, 0.2) is 0 Å². The Morgan fingerprint density at radius 3 is 2.71 bits per heavy atom. The van der Waals surface area contributed by atoms with E-state index in [0.29, 0.717) is 6.42 Å². The molecule has 5 nitrogen and oxygen atoms in total. The average Bonchev–Trinajstić information content (AvgIpc) is 3.23. The minimum absolute atomic E-state index is 0.0238. The highest BCUT2D eigenvalue weighted by atomic mass is 19.1. The van der Waals surface area contributed by atoms with E-state index in [1.165, 1.54) is 12.1 Å². The van der Waals surface area contributed by atoms with Crippen molar-refractivity contribution in [3.05, 3.63) is 66.1 Å². The van der Waals surface area contributed by atoms with E-state index in [9.17, 15) is 9.18 Å². The molecule has 1 saturated heterocycles. The van der Waals surface area contributed by atoms with E-state index in [2.05, 4.69) is 21.2 Å². The van der Waals surface area contributed by atoms with E-state index >= 15 is 0 Å². The smallest absolute Gasteiger partial charge is 0.242 e. The van der Waals surface area contributed by atoms with Gasteiger partial charge in [-0.25, -0.2) is 15.2 Å². The van der Waals surface area contributed by atoms with Crippen molar-refractivity contribution >= 4 is 22.5 Å². The quantitative estimate of drug-likeness (QED) is 0.599. The van der Waals surface area contributed by atoms with Crippen LogP contribution in [-0.4, -0.2) is 16.9 Å². The second-order valence-electron chi connectivity index (χ2n) is 5.92. The van der Waals surface area contributed by atoms with Crippen molar-refractivity contribution in [1.82, 2.24) is 15.8 Å². The maximum atomic E-state index is 13.0. The van der Waals surface area contributed by atoms with Crippen LogP contribution >= 0.6 is 0 Å². The molecule has 4 N–H and O–H groups in total. The number of fused-ring (bicyclic) bond motifs is 1. The number of hydrogen-bond acceptors (Lipinski definition) is 3. The molecule has 2 atom stereocenters. The average molecular weight is 324 g/mol. The molecule has 1 aliphatic heterocycles. The molecule has 0 aliphatic carbocycles. The molecule has 1 aromatic heterocycles. The van der Waals surface area contributed by atoms with Crippen LogP contribution in [0, 0.1) is 5.82 Å². The molecule has 0 bridgehead atoms. The summed E-state index contributed by atoms with van der Waals surface area (Å²) >= 11 is 0. The molecule has 2 aromatic carbocycles. The summed E-state index contributed by atoms with van der Waals surface area (Å²) in [6, 6.07) is 13.7. The summed E-state index contributed by atoms with van der Waals surface area (Å²) in [5.41, 5.74) is 8.81. The van der Waals surface area contributed by atoms with Gasteiger partial charge in [0.2, 0.25) is 5.91 Å². The van der Waals surface area contributed by atoms with Crippen molar-refractivity contribution in [2.24, 2.45) is 0 Å². The Balaban J connectivity index is 1.45. The van der Waals surface area contributed by atoms with Crippen LogP contribution in [0.2, 0.25) is 0 Å². The number of hydrogen-bond donors (Lipinski definition) is 4. The Labute approximate surface area is 138 Å². The molecule has 122 valence electrons. The van der Waals surface area contributed by atoms with Crippen molar-refractivity contribution in [2.75, 3.05) is 5.32 Å². The summed E-state index contributed by atoms with van der Waals surface area (Å²) in [6.45, 7) is 0. The minimum atomic E-state index is -0.353. The number of para-hydroxylation sites is 1. The summed E-state index contributed by atoms with van der Waals surface area (Å²) in [5, 5.41) is 3.93. The number of anilines is 1. The fraction of sp³-hybridized carbons (Fsp3) is 0.167. The molecule has 0 radical (unpaired) electrons. The summed E-state index contributed by atoms with van der Waals surface area (Å²) in [4.78, 5) is 15.6. The van der Waals surface area contributed by atoms with Crippen LogP contribution in [0.1, 0.15) is 18.0 Å². The van der Waals surface area contributed by atoms with Gasteiger partial charge in [0.25, 0.3) is 0 Å². The maximum absolute atomic E-state index is 13.0. The Bertz CT molecular complexity index is 874. The molecule has 2 unspecified atom stereocenters. The summed E-state index contributed by atoms with van der Waals surface area (Å²) < 4.78 is 13.0. The standard InChI is InChI=1S/C18H17FN4O/c19-12-7-5-11(6-8-12)15-9-16(23-22-15)18(24)21-17-10-20-14-4-2-1-3-13(14)17/h1-8,10,15-16,20,22-23H,9H2,(H,21,24). The van der Waals surface area contributed by atoms with Gasteiger partial charge >= 0.3 is 0 Å². The van der Waals surface area contributed by atoms with Crippen LogP contribution in [0.5, 0.6) is 0 Å². The Hall–Kier alpha value is -2.70. The Morgan fingerprint density at radius 2 is 1.88 bits per heavy atom. The number of benzene rings is 2. The van der Waals surface area contributed by atoms with Crippen LogP contribution in [0.4, 0.5) is 10.1 Å². The van der Waals surface area contributed by atoms with Crippen LogP contribution in [0.3, 0.4) is 0 Å². The monoisotopic (exact) mass is 324 g/mol. The van der Waals surface area contributed by atoms with Gasteiger partial charge in [0.05, 0.1) is 5.69 Å². The molecule has 2 heterocycles. The summed E-state index contributed by atoms with van der Waals surface area (Å²) in [7, 11) is 0. The fourth-order valence-electron chi connectivity index (χ4n) is 3.04. The molecule has 24 heavy (non-hydrogen) atoms. The van der Waals surface area contributed by atoms with Crippen molar-refractivity contribution in [3.8, 4) is 0 Å². The number of hydrazine groups is 1. The molecule has 1 aliphatic rings. The topological polar surface area (TPSA) is 69.0 Å². The van der Waals surface area contributed by atoms with E-state index in [4.69, 9.17) is 0 Å². The lowest BCUT2D eigenvalue weighted by Crippen LogP contribution is -2.39. The van der Waals surface area contributed by atoms with Gasteiger partial charge in [0, 0.05) is 23.1 Å². The van der Waals surface area contributed by atoms with Crippen molar-refractivity contribution in [3.63, 3.8) is 0 Å². The van der Waals surface area contributed by atoms with Gasteiger partial charge in [-0.05, 0) is 30.2 Å². The van der Waals surface area contributed by atoms with Gasteiger partial charge < -0.3 is 10.3 Å². The lowest BCUT2D eigenvalue weighted by molar-refractivity contribution is -0.117. The summed E-state index contributed by atoms with van der Waals surface area (Å²) in [6.07, 6.45) is 2.39. The minimum Gasteiger partial charge on any atom is -0.359 e. The first-order valence-corrected chi connectivity index (χ1v) is 7.84. The van der Waals surface area contributed by atoms with Gasteiger partial charge in [-0.3, -0.25) is 4.79 Å². The first-order valence-electron chi connectivity index (χ1n) is 7.84. The molecular weight excluding hydrogens is 307 g/mol. The number of rotatable bonds is 3. The molecule has 0 spiro atoms. The van der Waals surface area contributed by atoms with E-state index < -0.39 is 0 Å². The zero-order valence-electron chi connectivity index (χ0n) is 12.8. The van der Waals surface area contributed by atoms with Crippen LogP contribution in [0.15, 0.2) is 54.7 Å². The second kappa shape index (κ2) is 6.07. The zero-order chi connectivity index (χ0) is 16.5. The lowest BCUT2D eigenvalue weighted by atomic mass is 10.0. The third-order valence-corrected chi connectivity index (χ3v) is 4.34. The highest BCUT2D eigenvalue weighted by molar-refractivity contribution is 6.03. The number of halogens is 1. The molecule has 1 amide bonds. The second-order valence-corrected chi connectivity index (χ2v) is 5.92. The predicted molar refractivity (Wildman–Crippen MR) is 90.7 cm³/mol. The highest BCUT2D eigenvalue weighted by Gasteiger charge is 2.30. The lowest BCUT2D eigenvalue weighted by Gasteiger charge is -2.10. The molecule has 3 aromatic rings. The number of aromatic amines is 1. The molecule has 6 heteroatoms. The van der Waals surface area contributed by atoms with Crippen LogP contribution in [0.25, 0.3) is 10.9 Å². The van der Waals surface area contributed by atoms with Crippen LogP contribution in [-0.2, 0) is 4.79 Å². The molecule has 0 saturated carbocycles. The van der Waals surface area contributed by atoms with Crippen molar-refractivity contribution < 1.29 is 9.18 Å².